The van der Waals surface area contributed by atoms with Crippen LogP contribution in [0.1, 0.15) is 5.56 Å². The summed E-state index contributed by atoms with van der Waals surface area (Å²) in [4.78, 5) is 25.3. The summed E-state index contributed by atoms with van der Waals surface area (Å²) in [6, 6.07) is 14.1. The van der Waals surface area contributed by atoms with Crippen molar-refractivity contribution in [3.63, 3.8) is 0 Å². The number of amides is 2. The fraction of sp³-hybridized carbons (Fsp3) is 0.222. The van der Waals surface area contributed by atoms with Crippen molar-refractivity contribution in [1.29, 1.82) is 0 Å². The zero-order valence-electron chi connectivity index (χ0n) is 13.7. The first-order valence-electron chi connectivity index (χ1n) is 7.57. The van der Waals surface area contributed by atoms with Gasteiger partial charge < -0.3 is 15.0 Å². The van der Waals surface area contributed by atoms with Gasteiger partial charge in [-0.25, -0.2) is 0 Å². The van der Waals surface area contributed by atoms with Gasteiger partial charge in [0.1, 0.15) is 6.61 Å². The molecule has 0 saturated carbocycles. The fourth-order valence-electron chi connectivity index (χ4n) is 2.03. The molecule has 0 saturated heterocycles. The molecule has 0 atom stereocenters. The van der Waals surface area contributed by atoms with E-state index in [4.69, 9.17) is 27.9 Å². The van der Waals surface area contributed by atoms with E-state index in [1.807, 2.05) is 18.2 Å². The molecule has 2 aromatic carbocycles. The smallest absolute Gasteiger partial charge is 0.248 e. The van der Waals surface area contributed by atoms with Gasteiger partial charge in [-0.05, 0) is 23.8 Å². The van der Waals surface area contributed by atoms with Gasteiger partial charge in [0.25, 0.3) is 0 Å². The highest BCUT2D eigenvalue weighted by Crippen LogP contribution is 2.20. The maximum Gasteiger partial charge on any atom is 0.248 e. The van der Waals surface area contributed by atoms with Crippen LogP contribution in [0.2, 0.25) is 10.0 Å². The maximum atomic E-state index is 12.0. The molecule has 0 aliphatic carbocycles. The van der Waals surface area contributed by atoms with Crippen molar-refractivity contribution in [1.82, 2.24) is 4.90 Å². The van der Waals surface area contributed by atoms with Crippen LogP contribution in [0.3, 0.4) is 0 Å². The first-order chi connectivity index (χ1) is 12.0. The molecular formula is C18H18Cl2N2O3. The fourth-order valence-corrected chi connectivity index (χ4v) is 2.40. The number of benzene rings is 2. The van der Waals surface area contributed by atoms with Crippen LogP contribution in [0, 0.1) is 0 Å². The van der Waals surface area contributed by atoms with Crippen molar-refractivity contribution >= 4 is 40.7 Å². The Labute approximate surface area is 156 Å². The Morgan fingerprint density at radius 3 is 2.36 bits per heavy atom. The minimum Gasteiger partial charge on any atom is -0.367 e. The van der Waals surface area contributed by atoms with E-state index in [9.17, 15) is 9.59 Å². The Kier molecular flexibility index (Phi) is 7.25. The van der Waals surface area contributed by atoms with E-state index in [1.54, 1.807) is 30.3 Å². The number of carbonyl (C=O) groups excluding carboxylic acids is 2. The van der Waals surface area contributed by atoms with Gasteiger partial charge in [-0.3, -0.25) is 9.59 Å². The molecule has 2 aromatic rings. The number of nitrogens with one attached hydrogen (secondary N) is 1. The minimum absolute atomic E-state index is 0.0977. The highest BCUT2D eigenvalue weighted by Gasteiger charge is 2.14. The van der Waals surface area contributed by atoms with E-state index in [-0.39, 0.29) is 31.6 Å². The molecule has 0 aliphatic rings. The van der Waals surface area contributed by atoms with Crippen LogP contribution >= 0.6 is 23.2 Å². The first kappa shape index (κ1) is 19.2. The van der Waals surface area contributed by atoms with Gasteiger partial charge in [0.2, 0.25) is 11.8 Å². The number of anilines is 1. The van der Waals surface area contributed by atoms with Gasteiger partial charge in [-0.15, -0.1) is 0 Å². The zero-order chi connectivity index (χ0) is 18.2. The quantitative estimate of drug-likeness (QED) is 0.797. The Balaban J connectivity index is 1.77. The molecule has 2 amide bonds. The Morgan fingerprint density at radius 2 is 1.68 bits per heavy atom. The van der Waals surface area contributed by atoms with E-state index in [2.05, 4.69) is 5.32 Å². The van der Waals surface area contributed by atoms with E-state index in [0.717, 1.165) is 5.56 Å². The van der Waals surface area contributed by atoms with Gasteiger partial charge in [-0.1, -0.05) is 53.5 Å². The number of likely N-dealkylation sites (N-methyl/N-ethyl adjacent to an activating group) is 1. The van der Waals surface area contributed by atoms with Crippen LogP contribution in [0.25, 0.3) is 0 Å². The van der Waals surface area contributed by atoms with Crippen LogP contribution in [-0.4, -0.2) is 36.9 Å². The molecule has 1 N–H and O–H groups in total. The maximum absolute atomic E-state index is 12.0. The molecule has 0 aliphatic heterocycles. The SMILES string of the molecule is CN(CC(=O)Nc1ccccc1Cl)C(=O)COCc1ccccc1Cl. The van der Waals surface area contributed by atoms with Crippen molar-refractivity contribution in [3.05, 3.63) is 64.1 Å². The van der Waals surface area contributed by atoms with E-state index in [0.29, 0.717) is 15.7 Å². The van der Waals surface area contributed by atoms with Crippen molar-refractivity contribution in [2.24, 2.45) is 0 Å². The summed E-state index contributed by atoms with van der Waals surface area (Å²) in [7, 11) is 1.54. The number of ether oxygens (including phenoxy) is 1. The average molecular weight is 381 g/mol. The topological polar surface area (TPSA) is 58.6 Å². The number of hydrogen-bond acceptors (Lipinski definition) is 3. The second kappa shape index (κ2) is 9.42. The minimum atomic E-state index is -0.338. The second-order valence-electron chi connectivity index (χ2n) is 5.36. The number of halogens is 2. The standard InChI is InChI=1S/C18H18Cl2N2O3/c1-22(10-17(23)21-16-9-5-4-8-15(16)20)18(24)12-25-11-13-6-2-3-7-14(13)19/h2-9H,10-12H2,1H3,(H,21,23). The number of para-hydroxylation sites is 1. The van der Waals surface area contributed by atoms with Crippen LogP contribution in [0.5, 0.6) is 0 Å². The van der Waals surface area contributed by atoms with Crippen molar-refractivity contribution in [2.45, 2.75) is 6.61 Å². The summed E-state index contributed by atoms with van der Waals surface area (Å²) in [5.41, 5.74) is 1.31. The predicted octanol–water partition coefficient (Wildman–Crippen LogP) is 3.61. The summed E-state index contributed by atoms with van der Waals surface area (Å²) in [6.45, 7) is -0.00825. The van der Waals surface area contributed by atoms with Gasteiger partial charge in [0, 0.05) is 12.1 Å². The van der Waals surface area contributed by atoms with E-state index < -0.39 is 0 Å². The molecule has 5 nitrogen and oxygen atoms in total. The molecule has 0 spiro atoms. The molecule has 25 heavy (non-hydrogen) atoms. The van der Waals surface area contributed by atoms with Crippen molar-refractivity contribution in [2.75, 3.05) is 25.5 Å². The average Bonchev–Trinajstić information content (AvgIpc) is 2.58. The summed E-state index contributed by atoms with van der Waals surface area (Å²) in [5.74, 6) is -0.642. The zero-order valence-corrected chi connectivity index (χ0v) is 15.2. The molecule has 0 fully saturated rings. The van der Waals surface area contributed by atoms with Crippen LogP contribution in [0.15, 0.2) is 48.5 Å². The molecule has 2 rings (SSSR count). The largest absolute Gasteiger partial charge is 0.367 e. The van der Waals surface area contributed by atoms with E-state index >= 15 is 0 Å². The van der Waals surface area contributed by atoms with Crippen LogP contribution in [0.4, 0.5) is 5.69 Å². The monoisotopic (exact) mass is 380 g/mol. The third-order valence-corrected chi connectivity index (χ3v) is 4.09. The summed E-state index contributed by atoms with van der Waals surface area (Å²) in [6.07, 6.45) is 0. The first-order valence-corrected chi connectivity index (χ1v) is 8.32. The molecule has 0 heterocycles. The van der Waals surface area contributed by atoms with Gasteiger partial charge in [0.05, 0.1) is 23.9 Å². The van der Waals surface area contributed by atoms with Crippen LogP contribution < -0.4 is 5.32 Å². The molecule has 0 bridgehead atoms. The lowest BCUT2D eigenvalue weighted by Crippen LogP contribution is -2.37. The normalized spacial score (nSPS) is 10.4. The molecule has 0 unspecified atom stereocenters. The predicted molar refractivity (Wildman–Crippen MR) is 98.8 cm³/mol. The third kappa shape index (κ3) is 6.05. The van der Waals surface area contributed by atoms with Crippen molar-refractivity contribution < 1.29 is 14.3 Å². The summed E-state index contributed by atoms with van der Waals surface area (Å²) >= 11 is 12.0. The molecule has 7 heteroatoms. The number of rotatable bonds is 7. The van der Waals surface area contributed by atoms with E-state index in [1.165, 1.54) is 11.9 Å². The Hall–Kier alpha value is -2.08. The lowest BCUT2D eigenvalue weighted by molar-refractivity contribution is -0.137. The van der Waals surface area contributed by atoms with Gasteiger partial charge in [0.15, 0.2) is 0 Å². The number of hydrogen-bond donors (Lipinski definition) is 1. The third-order valence-electron chi connectivity index (χ3n) is 3.40. The Morgan fingerprint density at radius 1 is 1.04 bits per heavy atom. The highest BCUT2D eigenvalue weighted by atomic mass is 35.5. The number of carbonyl (C=O) groups is 2. The summed E-state index contributed by atoms with van der Waals surface area (Å²) in [5, 5.41) is 3.69. The number of nitrogens with zero attached hydrogens (tertiary/aromatic N) is 1. The highest BCUT2D eigenvalue weighted by molar-refractivity contribution is 6.33. The molecule has 132 valence electrons. The van der Waals surface area contributed by atoms with Crippen LogP contribution in [-0.2, 0) is 20.9 Å². The lowest BCUT2D eigenvalue weighted by Gasteiger charge is -2.17. The second-order valence-corrected chi connectivity index (χ2v) is 6.18. The molecule has 0 aromatic heterocycles. The van der Waals surface area contributed by atoms with Gasteiger partial charge >= 0.3 is 0 Å². The summed E-state index contributed by atoms with van der Waals surface area (Å²) < 4.78 is 5.37. The van der Waals surface area contributed by atoms with Gasteiger partial charge in [-0.2, -0.15) is 0 Å². The van der Waals surface area contributed by atoms with Crippen molar-refractivity contribution in [3.8, 4) is 0 Å². The Bertz CT molecular complexity index is 753. The molecule has 0 radical (unpaired) electrons. The molecular weight excluding hydrogens is 363 g/mol. The lowest BCUT2D eigenvalue weighted by atomic mass is 10.2.